The third-order valence-corrected chi connectivity index (χ3v) is 15.0. The summed E-state index contributed by atoms with van der Waals surface area (Å²) >= 11 is 0. The van der Waals surface area contributed by atoms with Gasteiger partial charge in [-0.15, -0.1) is 0 Å². The van der Waals surface area contributed by atoms with Gasteiger partial charge in [-0.05, 0) is 222 Å². The van der Waals surface area contributed by atoms with Gasteiger partial charge in [0.2, 0.25) is 0 Å². The minimum atomic E-state index is 1.11. The smallest absolute Gasteiger partial charge is 0.0462 e. The highest BCUT2D eigenvalue weighted by molar-refractivity contribution is 5.87. The van der Waals surface area contributed by atoms with Crippen LogP contribution in [0.1, 0.15) is 83.5 Å². The summed E-state index contributed by atoms with van der Waals surface area (Å²) in [5.74, 6) is 0. The van der Waals surface area contributed by atoms with Crippen LogP contribution in [-0.4, -0.2) is 0 Å². The first kappa shape index (κ1) is 52.3. The van der Waals surface area contributed by atoms with Crippen molar-refractivity contribution < 1.29 is 0 Å². The maximum atomic E-state index is 2.33. The number of anilines is 9. The molecule has 10 rings (SSSR count). The number of hydrogen-bond acceptors (Lipinski definition) is 3. The fraction of sp³-hybridized carbons (Fsp3) is 0.120. The monoisotopic (exact) mass is 1010 g/mol. The highest BCUT2D eigenvalue weighted by Gasteiger charge is 2.17. The molecule has 0 saturated carbocycles. The van der Waals surface area contributed by atoms with Crippen LogP contribution in [0.15, 0.2) is 218 Å². The molecule has 0 heterocycles. The van der Waals surface area contributed by atoms with E-state index < -0.39 is 0 Å². The van der Waals surface area contributed by atoms with E-state index in [-0.39, 0.29) is 0 Å². The molecule has 0 amide bonds. The largest absolute Gasteiger partial charge is 0.311 e. The summed E-state index contributed by atoms with van der Waals surface area (Å²) in [5, 5.41) is 0. The summed E-state index contributed by atoms with van der Waals surface area (Å²) < 4.78 is 0. The number of rotatable bonds is 15. The second-order valence-electron chi connectivity index (χ2n) is 20.9. The molecule has 0 saturated heterocycles. The van der Waals surface area contributed by atoms with Crippen molar-refractivity contribution in [3.05, 3.63) is 302 Å². The van der Waals surface area contributed by atoms with Crippen LogP contribution >= 0.6 is 0 Å². The van der Waals surface area contributed by atoms with Crippen LogP contribution in [0.2, 0.25) is 0 Å². The molecule has 384 valence electrons. The van der Waals surface area contributed by atoms with Crippen LogP contribution in [0.5, 0.6) is 0 Å². The van der Waals surface area contributed by atoms with Gasteiger partial charge in [-0.3, -0.25) is 0 Å². The zero-order chi connectivity index (χ0) is 54.3. The van der Waals surface area contributed by atoms with E-state index >= 15 is 0 Å². The summed E-state index contributed by atoms with van der Waals surface area (Å²) in [6, 6.07) is 79.3. The number of nitrogens with zero attached hydrogens (tertiary/aromatic N) is 3. The molecule has 10 aromatic rings. The molecule has 0 N–H and O–H groups in total. The van der Waals surface area contributed by atoms with Crippen molar-refractivity contribution in [2.45, 2.75) is 62.3 Å². The molecule has 0 radical (unpaired) electrons. The second-order valence-corrected chi connectivity index (χ2v) is 20.9. The fourth-order valence-corrected chi connectivity index (χ4v) is 10.3. The molecule has 0 unspecified atom stereocenters. The zero-order valence-electron chi connectivity index (χ0n) is 46.6. The molecule has 0 aliphatic rings. The number of aryl methyl sites for hydroxylation is 6. The van der Waals surface area contributed by atoms with Gasteiger partial charge in [-0.2, -0.15) is 0 Å². The van der Waals surface area contributed by atoms with E-state index in [4.69, 9.17) is 0 Å². The summed E-state index contributed by atoms with van der Waals surface area (Å²) in [4.78, 5) is 6.98. The average molecular weight is 1010 g/mol. The first-order valence-electron chi connectivity index (χ1n) is 27.1. The van der Waals surface area contributed by atoms with E-state index in [2.05, 4.69) is 332 Å². The third-order valence-electron chi connectivity index (χ3n) is 15.0. The average Bonchev–Trinajstić information content (AvgIpc) is 3.55. The molecule has 0 atom stereocenters. The summed E-state index contributed by atoms with van der Waals surface area (Å²) in [7, 11) is 0. The minimum Gasteiger partial charge on any atom is -0.311 e. The minimum absolute atomic E-state index is 1.11. The molecular formula is C75H69N3. The van der Waals surface area contributed by atoms with Crippen molar-refractivity contribution in [2.24, 2.45) is 0 Å². The van der Waals surface area contributed by atoms with Gasteiger partial charge in [0.25, 0.3) is 0 Å². The SMILES string of the molecule is Cc1ccc(N(c2ccc(C)cc2)c2ccc(C=Cc3c(C)c(C=Cc4ccc(N(c5ccc(C)cc5)c5ccc(C)cc5)cc4)c(C)c(C=Cc4ccc(N(c5ccc(C)cc5)c5ccc(C)cc5)cc4)c3C)cc2)cc1. The van der Waals surface area contributed by atoms with Crippen molar-refractivity contribution in [3.63, 3.8) is 0 Å². The van der Waals surface area contributed by atoms with Crippen LogP contribution in [0.4, 0.5) is 51.2 Å². The van der Waals surface area contributed by atoms with Crippen molar-refractivity contribution in [2.75, 3.05) is 14.7 Å². The lowest BCUT2D eigenvalue weighted by Crippen LogP contribution is -2.09. The number of benzene rings is 10. The quantitative estimate of drug-likeness (QED) is 0.0948. The van der Waals surface area contributed by atoms with Crippen LogP contribution < -0.4 is 14.7 Å². The van der Waals surface area contributed by atoms with Gasteiger partial charge < -0.3 is 14.7 Å². The summed E-state index contributed by atoms with van der Waals surface area (Å²) in [6.45, 7) is 19.6. The van der Waals surface area contributed by atoms with Crippen LogP contribution in [0.25, 0.3) is 36.5 Å². The van der Waals surface area contributed by atoms with E-state index in [1.54, 1.807) is 0 Å². The highest BCUT2D eigenvalue weighted by Crippen LogP contribution is 2.39. The predicted octanol–water partition coefficient (Wildman–Crippen LogP) is 21.4. The standard InChI is InChI=1S/C75H69N3/c1-52-10-31-64(32-11-52)76(65-33-12-53(2)13-34-65)70-43-22-61(23-44-70)28-49-73-58(7)74(50-29-62-24-45-71(46-25-62)77(66-35-14-54(3)15-36-66)67-37-16-55(4)17-38-67)60(9)75(59(73)8)51-30-63-26-47-72(48-27-63)78(68-39-18-56(5)19-40-68)69-41-20-57(6)21-42-69/h10-51H,1-9H3. The normalized spacial score (nSPS) is 11.5. The Balaban J connectivity index is 0.997. The molecule has 78 heavy (non-hydrogen) atoms. The van der Waals surface area contributed by atoms with Crippen molar-refractivity contribution in [1.29, 1.82) is 0 Å². The van der Waals surface area contributed by atoms with Gasteiger partial charge in [0, 0.05) is 51.2 Å². The molecular weight excluding hydrogens is 943 g/mol. The molecule has 0 fully saturated rings. The third kappa shape index (κ3) is 11.9. The van der Waals surface area contributed by atoms with Gasteiger partial charge in [0.1, 0.15) is 0 Å². The Morgan fingerprint density at radius 2 is 0.321 bits per heavy atom. The molecule has 0 bridgehead atoms. The lowest BCUT2D eigenvalue weighted by molar-refractivity contribution is 1.26. The van der Waals surface area contributed by atoms with Gasteiger partial charge in [0.05, 0.1) is 0 Å². The van der Waals surface area contributed by atoms with Crippen LogP contribution in [-0.2, 0) is 0 Å². The molecule has 0 aliphatic heterocycles. The Kier molecular flexibility index (Phi) is 15.7. The summed E-state index contributed by atoms with van der Waals surface area (Å²) in [6.07, 6.45) is 13.7. The maximum Gasteiger partial charge on any atom is 0.0462 e. The molecule has 3 nitrogen and oxygen atoms in total. The Hall–Kier alpha value is -9.18. The van der Waals surface area contributed by atoms with E-state index in [9.17, 15) is 0 Å². The molecule has 0 aromatic heterocycles. The summed E-state index contributed by atoms with van der Waals surface area (Å²) in [5.41, 5.74) is 28.3. The Bertz CT molecular complexity index is 3170. The second kappa shape index (κ2) is 23.4. The highest BCUT2D eigenvalue weighted by atomic mass is 15.2. The maximum absolute atomic E-state index is 2.33. The van der Waals surface area contributed by atoms with E-state index in [0.29, 0.717) is 0 Å². The lowest BCUT2D eigenvalue weighted by Gasteiger charge is -2.26. The zero-order valence-corrected chi connectivity index (χ0v) is 46.6. The van der Waals surface area contributed by atoms with Gasteiger partial charge in [-0.1, -0.05) is 179 Å². The molecule has 10 aromatic carbocycles. The Morgan fingerprint density at radius 3 is 0.474 bits per heavy atom. The predicted molar refractivity (Wildman–Crippen MR) is 339 cm³/mol. The fourth-order valence-electron chi connectivity index (χ4n) is 10.3. The van der Waals surface area contributed by atoms with E-state index in [1.165, 1.54) is 66.8 Å². The Labute approximate surface area is 464 Å². The molecule has 0 aliphatic carbocycles. The molecule has 0 spiro atoms. The van der Waals surface area contributed by atoms with Crippen molar-refractivity contribution in [3.8, 4) is 0 Å². The topological polar surface area (TPSA) is 9.72 Å². The van der Waals surface area contributed by atoms with Crippen molar-refractivity contribution in [1.82, 2.24) is 0 Å². The van der Waals surface area contributed by atoms with Gasteiger partial charge >= 0.3 is 0 Å². The van der Waals surface area contributed by atoms with E-state index in [0.717, 1.165) is 67.9 Å². The molecule has 3 heteroatoms. The first-order chi connectivity index (χ1) is 37.8. The van der Waals surface area contributed by atoms with Gasteiger partial charge in [0.15, 0.2) is 0 Å². The van der Waals surface area contributed by atoms with E-state index in [1.807, 2.05) is 0 Å². The number of hydrogen-bond donors (Lipinski definition) is 0. The van der Waals surface area contributed by atoms with Crippen LogP contribution in [0.3, 0.4) is 0 Å². The van der Waals surface area contributed by atoms with Crippen molar-refractivity contribution >= 4 is 87.6 Å². The van der Waals surface area contributed by atoms with Crippen LogP contribution in [0, 0.1) is 62.3 Å². The Morgan fingerprint density at radius 1 is 0.179 bits per heavy atom. The van der Waals surface area contributed by atoms with Gasteiger partial charge in [-0.25, -0.2) is 0 Å². The first-order valence-corrected chi connectivity index (χ1v) is 27.1. The lowest BCUT2D eigenvalue weighted by atomic mass is 9.87.